The molecule has 2 heterocycles. The molecule has 0 N–H and O–H groups in total. The molecule has 0 saturated carbocycles. The van der Waals surface area contributed by atoms with Gasteiger partial charge in [0.25, 0.3) is 0 Å². The molecule has 84 valence electrons. The molecule has 1 saturated heterocycles. The first kappa shape index (κ1) is 11.2. The van der Waals surface area contributed by atoms with Gasteiger partial charge in [0, 0.05) is 11.8 Å². The van der Waals surface area contributed by atoms with Gasteiger partial charge in [0.1, 0.15) is 4.60 Å². The SMILES string of the molecule is CC1C(=O)N(c2cnc(Br)cn2)C(=O)C1C. The standard InChI is InChI=1S/C10H10BrN3O2/c1-5-6(2)10(16)14(9(5)15)8-4-12-7(11)3-13-8/h3-6H,1-2H3. The first-order valence-electron chi connectivity index (χ1n) is 4.87. The van der Waals surface area contributed by atoms with Crippen molar-refractivity contribution in [3.05, 3.63) is 17.0 Å². The van der Waals surface area contributed by atoms with Crippen LogP contribution >= 0.6 is 15.9 Å². The molecular formula is C10H10BrN3O2. The third-order valence-corrected chi connectivity index (χ3v) is 3.22. The Labute approximate surface area is 101 Å². The van der Waals surface area contributed by atoms with Crippen LogP contribution in [0.25, 0.3) is 0 Å². The van der Waals surface area contributed by atoms with Crippen molar-refractivity contribution in [2.75, 3.05) is 4.90 Å². The molecule has 1 aromatic rings. The molecule has 0 spiro atoms. The average molecular weight is 284 g/mol. The van der Waals surface area contributed by atoms with Crippen molar-refractivity contribution in [3.8, 4) is 0 Å². The molecule has 5 nitrogen and oxygen atoms in total. The van der Waals surface area contributed by atoms with E-state index in [0.29, 0.717) is 4.60 Å². The number of rotatable bonds is 1. The maximum atomic E-state index is 11.8. The number of hydrogen-bond donors (Lipinski definition) is 0. The van der Waals surface area contributed by atoms with Gasteiger partial charge in [0.15, 0.2) is 5.82 Å². The van der Waals surface area contributed by atoms with Crippen LogP contribution < -0.4 is 4.90 Å². The highest BCUT2D eigenvalue weighted by Crippen LogP contribution is 2.28. The minimum atomic E-state index is -0.294. The maximum absolute atomic E-state index is 11.8. The van der Waals surface area contributed by atoms with E-state index in [9.17, 15) is 9.59 Å². The lowest BCUT2D eigenvalue weighted by Gasteiger charge is -2.12. The molecule has 2 rings (SSSR count). The highest BCUT2D eigenvalue weighted by Gasteiger charge is 2.43. The van der Waals surface area contributed by atoms with Crippen molar-refractivity contribution in [2.45, 2.75) is 13.8 Å². The number of imide groups is 1. The van der Waals surface area contributed by atoms with Crippen molar-refractivity contribution in [2.24, 2.45) is 11.8 Å². The Morgan fingerprint density at radius 3 is 2.12 bits per heavy atom. The molecule has 1 aliphatic heterocycles. The number of anilines is 1. The van der Waals surface area contributed by atoms with Gasteiger partial charge in [0.05, 0.1) is 12.4 Å². The van der Waals surface area contributed by atoms with E-state index in [1.54, 1.807) is 13.8 Å². The van der Waals surface area contributed by atoms with Crippen molar-refractivity contribution in [1.82, 2.24) is 9.97 Å². The quantitative estimate of drug-likeness (QED) is 0.731. The number of carbonyl (C=O) groups excluding carboxylic acids is 2. The second kappa shape index (κ2) is 3.93. The van der Waals surface area contributed by atoms with Crippen LogP contribution in [-0.4, -0.2) is 21.8 Å². The van der Waals surface area contributed by atoms with Gasteiger partial charge >= 0.3 is 0 Å². The van der Waals surface area contributed by atoms with Crippen LogP contribution in [0, 0.1) is 11.8 Å². The number of halogens is 1. The van der Waals surface area contributed by atoms with Crippen LogP contribution in [-0.2, 0) is 9.59 Å². The van der Waals surface area contributed by atoms with Crippen LogP contribution in [0.5, 0.6) is 0 Å². The second-order valence-corrected chi connectivity index (χ2v) is 4.60. The molecule has 1 aliphatic rings. The van der Waals surface area contributed by atoms with E-state index in [2.05, 4.69) is 25.9 Å². The zero-order valence-electron chi connectivity index (χ0n) is 8.85. The second-order valence-electron chi connectivity index (χ2n) is 3.79. The highest BCUT2D eigenvalue weighted by molar-refractivity contribution is 9.10. The Bertz CT molecular complexity index is 426. The summed E-state index contributed by atoms with van der Waals surface area (Å²) < 4.78 is 0.566. The van der Waals surface area contributed by atoms with Gasteiger partial charge in [-0.25, -0.2) is 14.9 Å². The topological polar surface area (TPSA) is 63.2 Å². The van der Waals surface area contributed by atoms with Gasteiger partial charge < -0.3 is 0 Å². The maximum Gasteiger partial charge on any atom is 0.238 e. The molecule has 0 aliphatic carbocycles. The fraction of sp³-hybridized carbons (Fsp3) is 0.400. The van der Waals surface area contributed by atoms with Crippen LogP contribution in [0.2, 0.25) is 0 Å². The van der Waals surface area contributed by atoms with Crippen molar-refractivity contribution in [1.29, 1.82) is 0 Å². The van der Waals surface area contributed by atoms with Gasteiger partial charge in [0.2, 0.25) is 11.8 Å². The molecule has 0 bridgehead atoms. The molecule has 16 heavy (non-hydrogen) atoms. The summed E-state index contributed by atoms with van der Waals surface area (Å²) in [6.07, 6.45) is 2.87. The minimum absolute atomic E-state index is 0.214. The van der Waals surface area contributed by atoms with Crippen molar-refractivity contribution >= 4 is 33.6 Å². The van der Waals surface area contributed by atoms with Gasteiger partial charge in [-0.2, -0.15) is 0 Å². The highest BCUT2D eigenvalue weighted by atomic mass is 79.9. The minimum Gasteiger partial charge on any atom is -0.274 e. The third-order valence-electron chi connectivity index (χ3n) is 2.81. The van der Waals surface area contributed by atoms with E-state index >= 15 is 0 Å². The fourth-order valence-electron chi connectivity index (χ4n) is 1.59. The van der Waals surface area contributed by atoms with E-state index in [-0.39, 0.29) is 29.5 Å². The Balaban J connectivity index is 2.38. The van der Waals surface area contributed by atoms with Gasteiger partial charge in [-0.15, -0.1) is 0 Å². The molecule has 2 amide bonds. The molecule has 1 fully saturated rings. The molecule has 1 aromatic heterocycles. The number of carbonyl (C=O) groups is 2. The Morgan fingerprint density at radius 2 is 1.69 bits per heavy atom. The zero-order chi connectivity index (χ0) is 11.9. The largest absolute Gasteiger partial charge is 0.274 e. The van der Waals surface area contributed by atoms with Gasteiger partial charge in [-0.05, 0) is 15.9 Å². The smallest absolute Gasteiger partial charge is 0.238 e. The molecule has 0 aromatic carbocycles. The first-order valence-corrected chi connectivity index (χ1v) is 5.67. The first-order chi connectivity index (χ1) is 7.52. The number of nitrogens with zero attached hydrogens (tertiary/aromatic N) is 3. The molecule has 2 atom stereocenters. The zero-order valence-corrected chi connectivity index (χ0v) is 10.4. The Hall–Kier alpha value is -1.30. The third kappa shape index (κ3) is 1.63. The Kier molecular flexibility index (Phi) is 2.75. The van der Waals surface area contributed by atoms with E-state index in [1.165, 1.54) is 12.4 Å². The normalized spacial score (nSPS) is 25.3. The molecular weight excluding hydrogens is 274 g/mol. The van der Waals surface area contributed by atoms with Crippen molar-refractivity contribution < 1.29 is 9.59 Å². The predicted molar refractivity (Wildman–Crippen MR) is 60.6 cm³/mol. The lowest BCUT2D eigenvalue weighted by atomic mass is 10.00. The summed E-state index contributed by atoms with van der Waals surface area (Å²) in [5, 5.41) is 0. The van der Waals surface area contributed by atoms with Crippen LogP contribution in [0.1, 0.15) is 13.8 Å². The summed E-state index contributed by atoms with van der Waals surface area (Å²) in [5.74, 6) is -0.728. The van der Waals surface area contributed by atoms with E-state index < -0.39 is 0 Å². The molecule has 6 heteroatoms. The summed E-state index contributed by atoms with van der Waals surface area (Å²) in [4.78, 5) is 32.7. The number of aromatic nitrogens is 2. The summed E-state index contributed by atoms with van der Waals surface area (Å²) in [5.41, 5.74) is 0. The number of amides is 2. The monoisotopic (exact) mass is 283 g/mol. The van der Waals surface area contributed by atoms with Crippen LogP contribution in [0.4, 0.5) is 5.82 Å². The average Bonchev–Trinajstić information content (AvgIpc) is 2.46. The summed E-state index contributed by atoms with van der Waals surface area (Å²) in [6, 6.07) is 0. The molecule has 2 unspecified atom stereocenters. The van der Waals surface area contributed by atoms with Crippen LogP contribution in [0.15, 0.2) is 17.0 Å². The van der Waals surface area contributed by atoms with E-state index in [4.69, 9.17) is 0 Å². The fourth-order valence-corrected chi connectivity index (χ4v) is 1.80. The van der Waals surface area contributed by atoms with Gasteiger partial charge in [-0.3, -0.25) is 9.59 Å². The van der Waals surface area contributed by atoms with Crippen molar-refractivity contribution in [3.63, 3.8) is 0 Å². The lowest BCUT2D eigenvalue weighted by Crippen LogP contribution is -2.31. The summed E-state index contributed by atoms with van der Waals surface area (Å²) in [7, 11) is 0. The van der Waals surface area contributed by atoms with Crippen LogP contribution in [0.3, 0.4) is 0 Å². The Morgan fingerprint density at radius 1 is 1.12 bits per heavy atom. The predicted octanol–water partition coefficient (Wildman–Crippen LogP) is 1.38. The van der Waals surface area contributed by atoms with Gasteiger partial charge in [-0.1, -0.05) is 13.8 Å². The summed E-state index contributed by atoms with van der Waals surface area (Å²) in [6.45, 7) is 3.49. The van der Waals surface area contributed by atoms with E-state index in [0.717, 1.165) is 4.90 Å². The molecule has 0 radical (unpaired) electrons. The van der Waals surface area contributed by atoms with E-state index in [1.807, 2.05) is 0 Å². The lowest BCUT2D eigenvalue weighted by molar-refractivity contribution is -0.122. The summed E-state index contributed by atoms with van der Waals surface area (Å²) >= 11 is 3.15. The number of hydrogen-bond acceptors (Lipinski definition) is 4.